The van der Waals surface area contributed by atoms with Crippen LogP contribution in [-0.2, 0) is 4.74 Å². The lowest BCUT2D eigenvalue weighted by atomic mass is 10.1. The molecule has 0 aromatic rings. The van der Waals surface area contributed by atoms with E-state index >= 15 is 0 Å². The highest BCUT2D eigenvalue weighted by atomic mass is 16.5. The number of rotatable bonds is 4. The number of hydrogen-bond donors (Lipinski definition) is 2. The molecule has 1 rings (SSSR count). The van der Waals surface area contributed by atoms with Crippen molar-refractivity contribution in [2.24, 2.45) is 0 Å². The van der Waals surface area contributed by atoms with Crippen LogP contribution in [0.5, 0.6) is 0 Å². The fourth-order valence-electron chi connectivity index (χ4n) is 1.39. The van der Waals surface area contributed by atoms with Crippen molar-refractivity contribution in [3.63, 3.8) is 0 Å². The van der Waals surface area contributed by atoms with Crippen molar-refractivity contribution in [2.75, 3.05) is 33.4 Å². The highest BCUT2D eigenvalue weighted by Crippen LogP contribution is 1.98. The minimum atomic E-state index is 0.666. The summed E-state index contributed by atoms with van der Waals surface area (Å²) < 4.78 is 4.98. The van der Waals surface area contributed by atoms with Gasteiger partial charge in [0, 0.05) is 39.4 Å². The first-order chi connectivity index (χ1) is 5.43. The molecule has 0 spiro atoms. The minimum absolute atomic E-state index is 0.666. The van der Waals surface area contributed by atoms with E-state index in [-0.39, 0.29) is 0 Å². The second kappa shape index (κ2) is 5.52. The molecule has 2 N–H and O–H groups in total. The molecule has 1 aliphatic rings. The Hall–Kier alpha value is -0.120. The molecule has 11 heavy (non-hydrogen) atoms. The van der Waals surface area contributed by atoms with E-state index in [1.807, 2.05) is 0 Å². The molecule has 66 valence electrons. The van der Waals surface area contributed by atoms with Crippen LogP contribution in [0, 0.1) is 0 Å². The second-order valence-corrected chi connectivity index (χ2v) is 2.99. The molecular formula is C8H18N2O. The summed E-state index contributed by atoms with van der Waals surface area (Å²) in [7, 11) is 1.76. The van der Waals surface area contributed by atoms with Crippen molar-refractivity contribution >= 4 is 0 Å². The Bertz CT molecular complexity index is 92.1. The first-order valence-corrected chi connectivity index (χ1v) is 4.36. The van der Waals surface area contributed by atoms with Crippen LogP contribution in [0.25, 0.3) is 0 Å². The summed E-state index contributed by atoms with van der Waals surface area (Å²) >= 11 is 0. The lowest BCUT2D eigenvalue weighted by Crippen LogP contribution is -2.48. The number of ether oxygens (including phenoxy) is 1. The molecule has 0 aromatic carbocycles. The Kier molecular flexibility index (Phi) is 4.50. The molecule has 1 saturated heterocycles. The smallest absolute Gasteiger partial charge is 0.0462 e. The Morgan fingerprint density at radius 2 is 2.36 bits per heavy atom. The van der Waals surface area contributed by atoms with Crippen molar-refractivity contribution in [3.05, 3.63) is 0 Å². The Morgan fingerprint density at radius 3 is 3.00 bits per heavy atom. The highest BCUT2D eigenvalue weighted by molar-refractivity contribution is 4.74. The first-order valence-electron chi connectivity index (χ1n) is 4.36. The standard InChI is InChI=1S/C8H18N2O/c1-11-6-2-3-8-7-9-4-5-10-8/h8-10H,2-7H2,1H3. The van der Waals surface area contributed by atoms with Crippen molar-refractivity contribution in [3.8, 4) is 0 Å². The zero-order valence-electron chi connectivity index (χ0n) is 7.23. The molecule has 0 bridgehead atoms. The van der Waals surface area contributed by atoms with E-state index in [1.54, 1.807) is 7.11 Å². The quantitative estimate of drug-likeness (QED) is 0.564. The predicted molar refractivity (Wildman–Crippen MR) is 45.8 cm³/mol. The number of methoxy groups -OCH3 is 1. The highest BCUT2D eigenvalue weighted by Gasteiger charge is 2.10. The Labute approximate surface area is 68.5 Å². The average Bonchev–Trinajstić information content (AvgIpc) is 2.07. The van der Waals surface area contributed by atoms with E-state index in [4.69, 9.17) is 4.74 Å². The van der Waals surface area contributed by atoms with Gasteiger partial charge in [0.15, 0.2) is 0 Å². The topological polar surface area (TPSA) is 33.3 Å². The van der Waals surface area contributed by atoms with Crippen LogP contribution in [-0.4, -0.2) is 39.4 Å². The molecule has 1 aliphatic heterocycles. The number of hydrogen-bond acceptors (Lipinski definition) is 3. The maximum Gasteiger partial charge on any atom is 0.0462 e. The second-order valence-electron chi connectivity index (χ2n) is 2.99. The SMILES string of the molecule is COCCCC1CNCCN1. The Morgan fingerprint density at radius 1 is 1.45 bits per heavy atom. The van der Waals surface area contributed by atoms with Gasteiger partial charge in [0.05, 0.1) is 0 Å². The maximum absolute atomic E-state index is 4.98. The molecular weight excluding hydrogens is 140 g/mol. The molecule has 1 fully saturated rings. The summed E-state index contributed by atoms with van der Waals surface area (Å²) in [4.78, 5) is 0. The summed E-state index contributed by atoms with van der Waals surface area (Å²) in [5.41, 5.74) is 0. The summed E-state index contributed by atoms with van der Waals surface area (Å²) in [5, 5.41) is 6.82. The van der Waals surface area contributed by atoms with Crippen LogP contribution in [0.4, 0.5) is 0 Å². The van der Waals surface area contributed by atoms with E-state index in [0.717, 1.165) is 32.7 Å². The van der Waals surface area contributed by atoms with Crippen LogP contribution in [0.15, 0.2) is 0 Å². The van der Waals surface area contributed by atoms with Gasteiger partial charge in [-0.3, -0.25) is 0 Å². The van der Waals surface area contributed by atoms with Gasteiger partial charge < -0.3 is 15.4 Å². The van der Waals surface area contributed by atoms with Crippen LogP contribution in [0.1, 0.15) is 12.8 Å². The van der Waals surface area contributed by atoms with E-state index in [2.05, 4.69) is 10.6 Å². The molecule has 3 heteroatoms. The molecule has 3 nitrogen and oxygen atoms in total. The monoisotopic (exact) mass is 158 g/mol. The molecule has 0 radical (unpaired) electrons. The number of piperazine rings is 1. The van der Waals surface area contributed by atoms with Gasteiger partial charge in [-0.1, -0.05) is 0 Å². The van der Waals surface area contributed by atoms with Crippen LogP contribution < -0.4 is 10.6 Å². The lowest BCUT2D eigenvalue weighted by molar-refractivity contribution is 0.187. The van der Waals surface area contributed by atoms with Crippen LogP contribution in [0.2, 0.25) is 0 Å². The van der Waals surface area contributed by atoms with Crippen molar-refractivity contribution < 1.29 is 4.74 Å². The van der Waals surface area contributed by atoms with E-state index in [1.165, 1.54) is 6.42 Å². The van der Waals surface area contributed by atoms with Crippen molar-refractivity contribution in [1.82, 2.24) is 10.6 Å². The molecule has 0 saturated carbocycles. The van der Waals surface area contributed by atoms with Crippen molar-refractivity contribution in [2.45, 2.75) is 18.9 Å². The summed E-state index contributed by atoms with van der Waals surface area (Å²) in [6, 6.07) is 0.666. The first kappa shape index (κ1) is 8.97. The van der Waals surface area contributed by atoms with Gasteiger partial charge in [-0.2, -0.15) is 0 Å². The molecule has 1 heterocycles. The molecule has 1 unspecified atom stereocenters. The van der Waals surface area contributed by atoms with Gasteiger partial charge >= 0.3 is 0 Å². The van der Waals surface area contributed by atoms with Gasteiger partial charge in [0.1, 0.15) is 0 Å². The maximum atomic E-state index is 4.98. The third-order valence-corrected chi connectivity index (χ3v) is 2.03. The minimum Gasteiger partial charge on any atom is -0.385 e. The van der Waals surface area contributed by atoms with Gasteiger partial charge in [0.25, 0.3) is 0 Å². The van der Waals surface area contributed by atoms with Crippen LogP contribution >= 0.6 is 0 Å². The normalized spacial score (nSPS) is 25.4. The average molecular weight is 158 g/mol. The molecule has 0 aromatic heterocycles. The Balaban J connectivity index is 1.96. The largest absolute Gasteiger partial charge is 0.385 e. The third-order valence-electron chi connectivity index (χ3n) is 2.03. The molecule has 0 amide bonds. The van der Waals surface area contributed by atoms with Gasteiger partial charge in [0.2, 0.25) is 0 Å². The number of nitrogens with one attached hydrogen (secondary N) is 2. The fourth-order valence-corrected chi connectivity index (χ4v) is 1.39. The summed E-state index contributed by atoms with van der Waals surface area (Å²) in [5.74, 6) is 0. The zero-order valence-corrected chi connectivity index (χ0v) is 7.23. The third kappa shape index (κ3) is 3.70. The van der Waals surface area contributed by atoms with E-state index < -0.39 is 0 Å². The van der Waals surface area contributed by atoms with Gasteiger partial charge in [-0.15, -0.1) is 0 Å². The van der Waals surface area contributed by atoms with Crippen LogP contribution in [0.3, 0.4) is 0 Å². The fraction of sp³-hybridized carbons (Fsp3) is 1.00. The summed E-state index contributed by atoms with van der Waals surface area (Å²) in [6.07, 6.45) is 2.39. The zero-order chi connectivity index (χ0) is 7.94. The predicted octanol–water partition coefficient (Wildman–Crippen LogP) is -0.0256. The van der Waals surface area contributed by atoms with Gasteiger partial charge in [-0.25, -0.2) is 0 Å². The lowest BCUT2D eigenvalue weighted by Gasteiger charge is -2.24. The molecule has 1 atom stereocenters. The van der Waals surface area contributed by atoms with Gasteiger partial charge in [-0.05, 0) is 12.8 Å². The van der Waals surface area contributed by atoms with E-state index in [9.17, 15) is 0 Å². The summed E-state index contributed by atoms with van der Waals surface area (Å²) in [6.45, 7) is 4.22. The molecule has 0 aliphatic carbocycles. The van der Waals surface area contributed by atoms with Crippen molar-refractivity contribution in [1.29, 1.82) is 0 Å². The van der Waals surface area contributed by atoms with E-state index in [0.29, 0.717) is 6.04 Å².